The highest BCUT2D eigenvalue weighted by Crippen LogP contribution is 2.29. The van der Waals surface area contributed by atoms with Crippen LogP contribution in [0.3, 0.4) is 0 Å². The summed E-state index contributed by atoms with van der Waals surface area (Å²) in [6, 6.07) is 28.2. The number of hydrogen-bond donors (Lipinski definition) is 0. The Balaban J connectivity index is 1.75. The van der Waals surface area contributed by atoms with E-state index < -0.39 is 0 Å². The van der Waals surface area contributed by atoms with Crippen LogP contribution in [-0.4, -0.2) is 0 Å². The summed E-state index contributed by atoms with van der Waals surface area (Å²) in [6.07, 6.45) is 2.10. The Labute approximate surface area is 144 Å². The fourth-order valence-electron chi connectivity index (χ4n) is 3.54. The minimum atomic E-state index is 0.916. The predicted molar refractivity (Wildman–Crippen MR) is 99.0 cm³/mol. The number of anilines is 1. The van der Waals surface area contributed by atoms with E-state index in [0.717, 1.165) is 25.9 Å². The minimum Gasteiger partial charge on any atom is -0.362 e. The van der Waals surface area contributed by atoms with Crippen LogP contribution in [0.2, 0.25) is 0 Å². The molecule has 1 heterocycles. The molecule has 118 valence electrons. The van der Waals surface area contributed by atoms with E-state index in [2.05, 4.69) is 78.6 Å². The van der Waals surface area contributed by atoms with Gasteiger partial charge in [0.15, 0.2) is 0 Å². The molecule has 1 aliphatic rings. The lowest BCUT2D eigenvalue weighted by Gasteiger charge is -2.30. The summed E-state index contributed by atoms with van der Waals surface area (Å²) in [5.74, 6) is 0. The maximum Gasteiger partial charge on any atom is 0.0496 e. The molecule has 0 radical (unpaired) electrons. The lowest BCUT2D eigenvalue weighted by Crippen LogP contribution is -2.25. The summed E-state index contributed by atoms with van der Waals surface area (Å²) in [4.78, 5) is 2.48. The first-order valence-electron chi connectivity index (χ1n) is 8.58. The minimum absolute atomic E-state index is 0.916. The smallest absolute Gasteiger partial charge is 0.0496 e. The molecule has 0 bridgehead atoms. The van der Waals surface area contributed by atoms with Gasteiger partial charge in [0.05, 0.1) is 0 Å². The zero-order chi connectivity index (χ0) is 16.4. The van der Waals surface area contributed by atoms with Crippen molar-refractivity contribution in [3.8, 4) is 0 Å². The predicted octanol–water partition coefficient (Wildman–Crippen LogP) is 4.90. The van der Waals surface area contributed by atoms with Crippen molar-refractivity contribution in [3.05, 3.63) is 101 Å². The molecular weight excluding hydrogens is 290 g/mol. The summed E-state index contributed by atoms with van der Waals surface area (Å²) >= 11 is 0. The van der Waals surface area contributed by atoms with Gasteiger partial charge >= 0.3 is 0 Å². The fourth-order valence-corrected chi connectivity index (χ4v) is 3.54. The van der Waals surface area contributed by atoms with E-state index in [1.54, 1.807) is 0 Å². The Morgan fingerprint density at radius 1 is 0.958 bits per heavy atom. The topological polar surface area (TPSA) is 3.24 Å². The third-order valence-corrected chi connectivity index (χ3v) is 4.78. The lowest BCUT2D eigenvalue weighted by atomic mass is 9.94. The van der Waals surface area contributed by atoms with Gasteiger partial charge in [0.25, 0.3) is 0 Å². The maximum absolute atomic E-state index is 3.35. The molecule has 3 aromatic carbocycles. The second kappa shape index (κ2) is 6.42. The van der Waals surface area contributed by atoms with Gasteiger partial charge in [0, 0.05) is 24.3 Å². The van der Waals surface area contributed by atoms with Crippen molar-refractivity contribution in [1.82, 2.24) is 0 Å². The number of benzene rings is 2. The number of aryl methyl sites for hydroxylation is 2. The van der Waals surface area contributed by atoms with E-state index in [4.69, 9.17) is 0 Å². The number of fused-ring (bicyclic) bond motifs is 2. The van der Waals surface area contributed by atoms with Crippen LogP contribution in [0.5, 0.6) is 0 Å². The van der Waals surface area contributed by atoms with Crippen LogP contribution in [0, 0.1) is 19.1 Å². The summed E-state index contributed by atoms with van der Waals surface area (Å²) in [5, 5.41) is 0. The zero-order valence-corrected chi connectivity index (χ0v) is 14.0. The van der Waals surface area contributed by atoms with Crippen molar-refractivity contribution in [2.75, 3.05) is 4.90 Å². The highest BCUT2D eigenvalue weighted by atomic mass is 15.1. The Morgan fingerprint density at radius 3 is 2.71 bits per heavy atom. The van der Waals surface area contributed by atoms with Crippen LogP contribution in [0.15, 0.2) is 60.7 Å². The standard InChI is InChI=1S/C23H21N/c1-18-11-12-20-13-14-21-9-5-6-10-23(21)24(17-22(20)15-18)16-19-7-3-2-4-8-19/h2-4,6-8,10-12,15H,13-14,16-17H2,1H3. The molecule has 1 heteroatoms. The molecular formula is C23H21N. The van der Waals surface area contributed by atoms with Gasteiger partial charge in [-0.1, -0.05) is 66.2 Å². The lowest BCUT2D eigenvalue weighted by molar-refractivity contribution is 0.762. The van der Waals surface area contributed by atoms with E-state index in [-0.39, 0.29) is 0 Å². The highest BCUT2D eigenvalue weighted by Gasteiger charge is 2.17. The Hall–Kier alpha value is -2.72. The van der Waals surface area contributed by atoms with Gasteiger partial charge in [-0.2, -0.15) is 0 Å². The van der Waals surface area contributed by atoms with Crippen molar-refractivity contribution >= 4 is 5.69 Å². The quantitative estimate of drug-likeness (QED) is 0.650. The fraction of sp³-hybridized carbons (Fsp3) is 0.217. The third-order valence-electron chi connectivity index (χ3n) is 4.78. The van der Waals surface area contributed by atoms with Gasteiger partial charge in [-0.05, 0) is 48.6 Å². The van der Waals surface area contributed by atoms with Crippen LogP contribution >= 0.6 is 0 Å². The molecule has 0 saturated heterocycles. The van der Waals surface area contributed by atoms with Crippen molar-refractivity contribution in [2.45, 2.75) is 32.9 Å². The summed E-state index contributed by atoms with van der Waals surface area (Å²) in [7, 11) is 0. The monoisotopic (exact) mass is 311 g/mol. The summed E-state index contributed by atoms with van der Waals surface area (Å²) in [6.45, 7) is 4.03. The van der Waals surface area contributed by atoms with Gasteiger partial charge in [-0.15, -0.1) is 0 Å². The molecule has 0 unspecified atom stereocenters. The van der Waals surface area contributed by atoms with Gasteiger partial charge < -0.3 is 4.90 Å². The molecule has 24 heavy (non-hydrogen) atoms. The first-order chi connectivity index (χ1) is 11.8. The summed E-state index contributed by atoms with van der Waals surface area (Å²) < 4.78 is 0. The van der Waals surface area contributed by atoms with Crippen LogP contribution in [0.1, 0.15) is 27.8 Å². The number of rotatable bonds is 2. The molecule has 0 saturated carbocycles. The Bertz CT molecular complexity index is 836. The largest absolute Gasteiger partial charge is 0.362 e. The average Bonchev–Trinajstić information content (AvgIpc) is 2.60. The van der Waals surface area contributed by atoms with Crippen molar-refractivity contribution in [1.29, 1.82) is 0 Å². The Kier molecular flexibility index (Phi) is 3.97. The second-order valence-electron chi connectivity index (χ2n) is 6.58. The van der Waals surface area contributed by atoms with Gasteiger partial charge in [0.2, 0.25) is 0 Å². The number of nitrogens with zero attached hydrogens (tertiary/aromatic N) is 1. The van der Waals surface area contributed by atoms with E-state index in [1.807, 2.05) is 6.07 Å². The maximum atomic E-state index is 3.35. The molecule has 0 atom stereocenters. The molecule has 0 aliphatic carbocycles. The molecule has 0 aromatic heterocycles. The second-order valence-corrected chi connectivity index (χ2v) is 6.58. The molecule has 1 aliphatic heterocycles. The average molecular weight is 311 g/mol. The van der Waals surface area contributed by atoms with Gasteiger partial charge in [-0.3, -0.25) is 0 Å². The Morgan fingerprint density at radius 2 is 1.83 bits per heavy atom. The van der Waals surface area contributed by atoms with Gasteiger partial charge in [0.1, 0.15) is 0 Å². The summed E-state index contributed by atoms with van der Waals surface area (Å²) in [5.41, 5.74) is 8.16. The first kappa shape index (κ1) is 14.8. The zero-order valence-electron chi connectivity index (χ0n) is 14.0. The van der Waals surface area contributed by atoms with Crippen LogP contribution < -0.4 is 4.90 Å². The molecule has 0 spiro atoms. The van der Waals surface area contributed by atoms with Crippen molar-refractivity contribution in [3.63, 3.8) is 0 Å². The van der Waals surface area contributed by atoms with Crippen molar-refractivity contribution < 1.29 is 0 Å². The molecule has 0 N–H and O–H groups in total. The SMILES string of the molecule is Cc1ccc2c(c1)CN(Cc1ccccc1)c1ccc#cc1CC2. The van der Waals surface area contributed by atoms with E-state index in [9.17, 15) is 0 Å². The molecule has 0 amide bonds. The molecule has 1 nitrogen and oxygen atoms in total. The molecule has 0 fully saturated rings. The molecule has 3 aromatic rings. The van der Waals surface area contributed by atoms with E-state index in [1.165, 1.54) is 33.5 Å². The normalized spacial score (nSPS) is 13.3. The first-order valence-corrected chi connectivity index (χ1v) is 8.58. The van der Waals surface area contributed by atoms with Crippen LogP contribution in [0.25, 0.3) is 0 Å². The van der Waals surface area contributed by atoms with E-state index in [0.29, 0.717) is 0 Å². The highest BCUT2D eigenvalue weighted by molar-refractivity contribution is 5.55. The van der Waals surface area contributed by atoms with Crippen molar-refractivity contribution in [2.24, 2.45) is 0 Å². The van der Waals surface area contributed by atoms with Gasteiger partial charge in [-0.25, -0.2) is 0 Å². The van der Waals surface area contributed by atoms with Crippen LogP contribution in [-0.2, 0) is 25.9 Å². The number of hydrogen-bond acceptors (Lipinski definition) is 1. The molecule has 4 rings (SSSR count). The van der Waals surface area contributed by atoms with Crippen LogP contribution in [0.4, 0.5) is 5.69 Å². The third kappa shape index (κ3) is 3.01. The van der Waals surface area contributed by atoms with E-state index >= 15 is 0 Å².